The number of imidazole rings is 1. The molecule has 0 aliphatic carbocycles. The minimum Gasteiger partial charge on any atom is -0.504 e. The summed E-state index contributed by atoms with van der Waals surface area (Å²) < 4.78 is 13.1. The lowest BCUT2D eigenvalue weighted by atomic mass is 10.1. The maximum absolute atomic E-state index is 9.95. The van der Waals surface area contributed by atoms with Gasteiger partial charge in [0.05, 0.1) is 13.3 Å². The molecule has 7 heteroatoms. The van der Waals surface area contributed by atoms with Crippen molar-refractivity contribution in [1.29, 1.82) is 0 Å². The number of hydrogen-bond donors (Lipinski definition) is 1. The van der Waals surface area contributed by atoms with Crippen LogP contribution in [0.2, 0.25) is 5.02 Å². The molecule has 0 unspecified atom stereocenters. The summed E-state index contributed by atoms with van der Waals surface area (Å²) in [5.74, 6) is 2.40. The summed E-state index contributed by atoms with van der Waals surface area (Å²) in [6, 6.07) is 22.1. The van der Waals surface area contributed by atoms with Crippen LogP contribution in [-0.4, -0.2) is 27.8 Å². The number of aliphatic imine (C=N–C) groups is 1. The lowest BCUT2D eigenvalue weighted by molar-refractivity contribution is 0.373. The highest BCUT2D eigenvalue weighted by Crippen LogP contribution is 2.36. The van der Waals surface area contributed by atoms with Gasteiger partial charge >= 0.3 is 0 Å². The predicted molar refractivity (Wildman–Crippen MR) is 125 cm³/mol. The molecule has 1 N–H and O–H groups in total. The summed E-state index contributed by atoms with van der Waals surface area (Å²) in [6.07, 6.45) is 3.56. The molecular formula is C25H18ClN3O3. The number of aromatic hydroxyl groups is 1. The number of furan rings is 1. The fourth-order valence-corrected chi connectivity index (χ4v) is 3.57. The normalized spacial score (nSPS) is 11.4. The first-order valence-corrected chi connectivity index (χ1v) is 10.2. The largest absolute Gasteiger partial charge is 0.504 e. The van der Waals surface area contributed by atoms with Gasteiger partial charge in [0.25, 0.3) is 0 Å². The first kappa shape index (κ1) is 19.9. The third-order valence-electron chi connectivity index (χ3n) is 5.03. The van der Waals surface area contributed by atoms with E-state index in [0.717, 1.165) is 22.5 Å². The van der Waals surface area contributed by atoms with Gasteiger partial charge in [-0.3, -0.25) is 4.40 Å². The average molecular weight is 444 g/mol. The van der Waals surface area contributed by atoms with E-state index in [1.807, 2.05) is 65.2 Å². The van der Waals surface area contributed by atoms with E-state index in [1.165, 1.54) is 7.11 Å². The molecule has 0 fully saturated rings. The van der Waals surface area contributed by atoms with Gasteiger partial charge in [-0.2, -0.15) is 0 Å². The number of phenols is 1. The summed E-state index contributed by atoms with van der Waals surface area (Å²) in [5.41, 5.74) is 3.12. The molecule has 2 aromatic carbocycles. The molecule has 0 bridgehead atoms. The van der Waals surface area contributed by atoms with Gasteiger partial charge in [-0.15, -0.1) is 0 Å². The Labute approximate surface area is 189 Å². The van der Waals surface area contributed by atoms with E-state index < -0.39 is 0 Å². The highest BCUT2D eigenvalue weighted by molar-refractivity contribution is 6.30. The molecule has 0 saturated heterocycles. The van der Waals surface area contributed by atoms with Gasteiger partial charge < -0.3 is 14.3 Å². The zero-order valence-corrected chi connectivity index (χ0v) is 17.8. The van der Waals surface area contributed by atoms with Crippen LogP contribution in [0.3, 0.4) is 0 Å². The number of benzene rings is 2. The number of aromatic nitrogens is 2. The molecule has 158 valence electrons. The summed E-state index contributed by atoms with van der Waals surface area (Å²) in [7, 11) is 1.51. The van der Waals surface area contributed by atoms with Crippen molar-refractivity contribution < 1.29 is 14.3 Å². The van der Waals surface area contributed by atoms with Crippen LogP contribution < -0.4 is 4.74 Å². The van der Waals surface area contributed by atoms with Crippen LogP contribution >= 0.6 is 11.6 Å². The first-order chi connectivity index (χ1) is 15.6. The van der Waals surface area contributed by atoms with E-state index in [-0.39, 0.29) is 5.75 Å². The molecule has 5 rings (SSSR count). The van der Waals surface area contributed by atoms with Gasteiger partial charge in [0.15, 0.2) is 17.3 Å². The van der Waals surface area contributed by atoms with Crippen molar-refractivity contribution in [1.82, 2.24) is 9.38 Å². The molecule has 3 heterocycles. The number of halogens is 1. The molecule has 5 aromatic rings. The molecule has 0 radical (unpaired) electrons. The number of fused-ring (bicyclic) bond motifs is 1. The van der Waals surface area contributed by atoms with E-state index in [0.29, 0.717) is 28.0 Å². The van der Waals surface area contributed by atoms with Crippen LogP contribution in [0.25, 0.3) is 28.2 Å². The van der Waals surface area contributed by atoms with Gasteiger partial charge in [0.1, 0.15) is 22.9 Å². The number of methoxy groups -OCH3 is 1. The van der Waals surface area contributed by atoms with Gasteiger partial charge in [-0.1, -0.05) is 17.7 Å². The summed E-state index contributed by atoms with van der Waals surface area (Å²) in [6.45, 7) is 0. The Morgan fingerprint density at radius 3 is 2.66 bits per heavy atom. The molecule has 0 spiro atoms. The lowest BCUT2D eigenvalue weighted by Crippen LogP contribution is -1.86. The molecule has 32 heavy (non-hydrogen) atoms. The number of nitrogens with zero attached hydrogens (tertiary/aromatic N) is 3. The summed E-state index contributed by atoms with van der Waals surface area (Å²) in [4.78, 5) is 9.43. The van der Waals surface area contributed by atoms with Gasteiger partial charge in [0.2, 0.25) is 0 Å². The van der Waals surface area contributed by atoms with Crippen LogP contribution in [0, 0.1) is 0 Å². The Bertz CT molecular complexity index is 1430. The van der Waals surface area contributed by atoms with Crippen LogP contribution in [0.1, 0.15) is 5.76 Å². The minimum atomic E-state index is 0.0652. The number of hydrogen-bond acceptors (Lipinski definition) is 5. The molecule has 0 amide bonds. The molecule has 0 aliphatic heterocycles. The zero-order chi connectivity index (χ0) is 22.1. The van der Waals surface area contributed by atoms with Crippen molar-refractivity contribution in [2.45, 2.75) is 0 Å². The summed E-state index contributed by atoms with van der Waals surface area (Å²) in [5, 5.41) is 10.6. The van der Waals surface area contributed by atoms with Gasteiger partial charge in [-0.05, 0) is 66.7 Å². The Kier molecular flexibility index (Phi) is 5.13. The van der Waals surface area contributed by atoms with Crippen LogP contribution in [0.4, 0.5) is 5.82 Å². The molecule has 6 nitrogen and oxygen atoms in total. The maximum atomic E-state index is 9.95. The Morgan fingerprint density at radius 1 is 1.03 bits per heavy atom. The van der Waals surface area contributed by atoms with E-state index in [9.17, 15) is 5.11 Å². The van der Waals surface area contributed by atoms with Crippen LogP contribution in [-0.2, 0) is 0 Å². The van der Waals surface area contributed by atoms with Crippen molar-refractivity contribution in [3.05, 3.63) is 89.8 Å². The quantitative estimate of drug-likeness (QED) is 0.320. The van der Waals surface area contributed by atoms with Crippen molar-refractivity contribution in [3.8, 4) is 34.1 Å². The predicted octanol–water partition coefficient (Wildman–Crippen LogP) is 6.38. The second-order valence-electron chi connectivity index (χ2n) is 7.07. The molecule has 3 aromatic heterocycles. The van der Waals surface area contributed by atoms with Crippen LogP contribution in [0.5, 0.6) is 11.5 Å². The van der Waals surface area contributed by atoms with Gasteiger partial charge in [0, 0.05) is 22.3 Å². The molecule has 0 aliphatic rings. The highest BCUT2D eigenvalue weighted by Gasteiger charge is 2.15. The maximum Gasteiger partial charge on any atom is 0.165 e. The third kappa shape index (κ3) is 3.72. The third-order valence-corrected chi connectivity index (χ3v) is 5.28. The fourth-order valence-electron chi connectivity index (χ4n) is 3.44. The van der Waals surface area contributed by atoms with Crippen molar-refractivity contribution in [3.63, 3.8) is 0 Å². The average Bonchev–Trinajstić information content (AvgIpc) is 3.43. The fraction of sp³-hybridized carbons (Fsp3) is 0.0400. The monoisotopic (exact) mass is 443 g/mol. The number of rotatable bonds is 5. The number of ether oxygens (including phenoxy) is 1. The molecule has 0 atom stereocenters. The number of pyridine rings is 1. The Morgan fingerprint density at radius 2 is 1.84 bits per heavy atom. The SMILES string of the molecule is COc1cc(-c2nc3ccccn3c2N=Cc2ccc(-c3ccc(Cl)cc3)o2)ccc1O. The second-order valence-corrected chi connectivity index (χ2v) is 7.50. The Balaban J connectivity index is 1.55. The van der Waals surface area contributed by atoms with Crippen molar-refractivity contribution in [2.75, 3.05) is 7.11 Å². The van der Waals surface area contributed by atoms with Crippen molar-refractivity contribution >= 4 is 29.3 Å². The topological polar surface area (TPSA) is 72.3 Å². The lowest BCUT2D eigenvalue weighted by Gasteiger charge is -2.05. The van der Waals surface area contributed by atoms with Crippen molar-refractivity contribution in [2.24, 2.45) is 4.99 Å². The summed E-state index contributed by atoms with van der Waals surface area (Å²) >= 11 is 5.97. The van der Waals surface area contributed by atoms with E-state index >= 15 is 0 Å². The van der Waals surface area contributed by atoms with Crippen LogP contribution in [0.15, 0.2) is 88.4 Å². The van der Waals surface area contributed by atoms with E-state index in [4.69, 9.17) is 30.7 Å². The second kappa shape index (κ2) is 8.24. The van der Waals surface area contributed by atoms with E-state index in [1.54, 1.807) is 24.4 Å². The van der Waals surface area contributed by atoms with E-state index in [2.05, 4.69) is 0 Å². The standard InChI is InChI=1S/C25H18ClN3O3/c1-31-22-14-17(7-11-20(22)30)24-25(29-13-3-2-4-23(29)28-24)27-15-19-10-12-21(32-19)16-5-8-18(26)9-6-16/h2-15,30H,1H3. The Hall–Kier alpha value is -4.03. The first-order valence-electron chi connectivity index (χ1n) is 9.87. The smallest absolute Gasteiger partial charge is 0.165 e. The number of phenolic OH excluding ortho intramolecular Hbond substituents is 1. The zero-order valence-electron chi connectivity index (χ0n) is 17.1. The minimum absolute atomic E-state index is 0.0652. The molecule has 0 saturated carbocycles. The highest BCUT2D eigenvalue weighted by atomic mass is 35.5. The van der Waals surface area contributed by atoms with Gasteiger partial charge in [-0.25, -0.2) is 9.98 Å². The molecular weight excluding hydrogens is 426 g/mol.